The van der Waals surface area contributed by atoms with E-state index in [1.807, 2.05) is 0 Å². The minimum atomic E-state index is -0.526. The van der Waals surface area contributed by atoms with E-state index < -0.39 is 5.97 Å². The van der Waals surface area contributed by atoms with Crippen molar-refractivity contribution in [1.82, 2.24) is 4.98 Å². The van der Waals surface area contributed by atoms with Crippen LogP contribution < -0.4 is 0 Å². The zero-order valence-electron chi connectivity index (χ0n) is 8.47. The predicted molar refractivity (Wildman–Crippen MR) is 56.4 cm³/mol. The molecule has 0 aliphatic carbocycles. The number of hydrogen-bond donors (Lipinski definition) is 2. The van der Waals surface area contributed by atoms with Gasteiger partial charge < -0.3 is 14.9 Å². The normalized spacial score (nSPS) is 10.3. The van der Waals surface area contributed by atoms with Crippen LogP contribution in [0, 0.1) is 0 Å². The number of esters is 1. The van der Waals surface area contributed by atoms with Crippen LogP contribution in [0.5, 0.6) is 11.5 Å². The molecule has 5 heteroatoms. The number of aromatic hydroxyl groups is 2. The van der Waals surface area contributed by atoms with E-state index in [1.165, 1.54) is 31.5 Å². The molecule has 0 unspecified atom stereocenters. The van der Waals surface area contributed by atoms with E-state index in [4.69, 9.17) is 0 Å². The molecule has 2 aromatic rings. The molecule has 0 fully saturated rings. The Morgan fingerprint density at radius 3 is 2.75 bits per heavy atom. The van der Waals surface area contributed by atoms with Crippen LogP contribution in [0.25, 0.3) is 10.9 Å². The first-order chi connectivity index (χ1) is 7.61. The number of carbonyl (C=O) groups excluding carboxylic acids is 1. The van der Waals surface area contributed by atoms with E-state index in [-0.39, 0.29) is 17.1 Å². The first-order valence-corrected chi connectivity index (χ1v) is 4.52. The SMILES string of the molecule is COC(=O)c1cnc2cc(O)cc(O)c2c1. The third kappa shape index (κ3) is 1.63. The van der Waals surface area contributed by atoms with Gasteiger partial charge in [-0.25, -0.2) is 4.79 Å². The Hall–Kier alpha value is -2.30. The summed E-state index contributed by atoms with van der Waals surface area (Å²) in [5.41, 5.74) is 0.654. The van der Waals surface area contributed by atoms with Gasteiger partial charge in [0.25, 0.3) is 0 Å². The second-order valence-corrected chi connectivity index (χ2v) is 3.25. The van der Waals surface area contributed by atoms with E-state index in [2.05, 4.69) is 9.72 Å². The largest absolute Gasteiger partial charge is 0.508 e. The Morgan fingerprint density at radius 1 is 1.31 bits per heavy atom. The Kier molecular flexibility index (Phi) is 2.36. The van der Waals surface area contributed by atoms with E-state index in [0.29, 0.717) is 10.9 Å². The Balaban J connectivity index is 2.66. The van der Waals surface area contributed by atoms with Crippen LogP contribution in [0.2, 0.25) is 0 Å². The number of phenolic OH excluding ortho intramolecular Hbond substituents is 2. The highest BCUT2D eigenvalue weighted by atomic mass is 16.5. The number of fused-ring (bicyclic) bond motifs is 1. The van der Waals surface area contributed by atoms with Gasteiger partial charge in [-0.2, -0.15) is 0 Å². The van der Waals surface area contributed by atoms with E-state index in [1.54, 1.807) is 0 Å². The van der Waals surface area contributed by atoms with Crippen LogP contribution in [-0.4, -0.2) is 28.3 Å². The van der Waals surface area contributed by atoms with Gasteiger partial charge in [-0.3, -0.25) is 4.98 Å². The summed E-state index contributed by atoms with van der Waals surface area (Å²) < 4.78 is 4.54. The number of rotatable bonds is 1. The molecule has 1 heterocycles. The van der Waals surface area contributed by atoms with Crippen LogP contribution in [0.4, 0.5) is 0 Å². The lowest BCUT2D eigenvalue weighted by Gasteiger charge is -2.04. The van der Waals surface area contributed by atoms with Gasteiger partial charge in [-0.05, 0) is 6.07 Å². The first kappa shape index (κ1) is 10.2. The van der Waals surface area contributed by atoms with Crippen molar-refractivity contribution in [3.05, 3.63) is 30.0 Å². The average Bonchev–Trinajstić information content (AvgIpc) is 2.27. The number of carbonyl (C=O) groups is 1. The van der Waals surface area contributed by atoms with Gasteiger partial charge in [0.1, 0.15) is 11.5 Å². The fourth-order valence-corrected chi connectivity index (χ4v) is 1.42. The molecule has 16 heavy (non-hydrogen) atoms. The van der Waals surface area contributed by atoms with Crippen LogP contribution in [-0.2, 0) is 4.74 Å². The van der Waals surface area contributed by atoms with Crippen molar-refractivity contribution < 1.29 is 19.7 Å². The monoisotopic (exact) mass is 219 g/mol. The highest BCUT2D eigenvalue weighted by Crippen LogP contribution is 2.28. The van der Waals surface area contributed by atoms with Gasteiger partial charge in [0.05, 0.1) is 18.2 Å². The van der Waals surface area contributed by atoms with Gasteiger partial charge in [0.2, 0.25) is 0 Å². The summed E-state index contributed by atoms with van der Waals surface area (Å²) in [6, 6.07) is 4.05. The van der Waals surface area contributed by atoms with E-state index in [9.17, 15) is 15.0 Å². The molecule has 0 spiro atoms. The number of pyridine rings is 1. The third-order valence-corrected chi connectivity index (χ3v) is 2.18. The fourth-order valence-electron chi connectivity index (χ4n) is 1.42. The van der Waals surface area contributed by atoms with Gasteiger partial charge in [-0.15, -0.1) is 0 Å². The van der Waals surface area contributed by atoms with E-state index in [0.717, 1.165) is 0 Å². The second kappa shape index (κ2) is 3.69. The zero-order chi connectivity index (χ0) is 11.7. The molecule has 0 saturated heterocycles. The number of phenols is 2. The molecule has 1 aromatic heterocycles. The molecule has 0 aliphatic heterocycles. The lowest BCUT2D eigenvalue weighted by atomic mass is 10.1. The molecular formula is C11H9NO4. The number of aromatic nitrogens is 1. The number of ether oxygens (including phenoxy) is 1. The lowest BCUT2D eigenvalue weighted by Crippen LogP contribution is -2.01. The smallest absolute Gasteiger partial charge is 0.339 e. The summed E-state index contributed by atoms with van der Waals surface area (Å²) in [4.78, 5) is 15.2. The van der Waals surface area contributed by atoms with Crippen LogP contribution in [0.15, 0.2) is 24.4 Å². The maximum Gasteiger partial charge on any atom is 0.339 e. The molecule has 0 amide bonds. The van der Waals surface area contributed by atoms with Crippen molar-refractivity contribution >= 4 is 16.9 Å². The molecule has 0 bridgehead atoms. The Labute approximate surface area is 90.9 Å². The maximum atomic E-state index is 11.2. The maximum absolute atomic E-state index is 11.2. The molecular weight excluding hydrogens is 210 g/mol. The highest BCUT2D eigenvalue weighted by Gasteiger charge is 2.10. The van der Waals surface area contributed by atoms with Gasteiger partial charge in [-0.1, -0.05) is 0 Å². The van der Waals surface area contributed by atoms with E-state index >= 15 is 0 Å². The number of methoxy groups -OCH3 is 1. The minimum absolute atomic E-state index is 0.0803. The number of benzene rings is 1. The van der Waals surface area contributed by atoms with Crippen molar-refractivity contribution in [2.24, 2.45) is 0 Å². The predicted octanol–water partition coefficient (Wildman–Crippen LogP) is 1.43. The summed E-state index contributed by atoms with van der Waals surface area (Å²) in [7, 11) is 1.27. The fraction of sp³-hybridized carbons (Fsp3) is 0.0909. The summed E-state index contributed by atoms with van der Waals surface area (Å²) >= 11 is 0. The molecule has 2 rings (SSSR count). The molecule has 0 atom stereocenters. The molecule has 0 aliphatic rings. The third-order valence-electron chi connectivity index (χ3n) is 2.18. The minimum Gasteiger partial charge on any atom is -0.508 e. The molecule has 0 radical (unpaired) electrons. The standard InChI is InChI=1S/C11H9NO4/c1-16-11(15)6-2-8-9(12-5-6)3-7(13)4-10(8)14/h2-5,13-14H,1H3. The Bertz CT molecular complexity index is 565. The summed E-state index contributed by atoms with van der Waals surface area (Å²) in [6.07, 6.45) is 1.33. The molecule has 82 valence electrons. The van der Waals surface area contributed by atoms with Crippen molar-refractivity contribution in [3.63, 3.8) is 0 Å². The Morgan fingerprint density at radius 2 is 2.06 bits per heavy atom. The van der Waals surface area contributed by atoms with Crippen LogP contribution in [0.3, 0.4) is 0 Å². The summed E-state index contributed by atoms with van der Waals surface area (Å²) in [6.45, 7) is 0. The lowest BCUT2D eigenvalue weighted by molar-refractivity contribution is 0.0600. The van der Waals surface area contributed by atoms with Crippen molar-refractivity contribution in [2.45, 2.75) is 0 Å². The molecule has 1 aromatic carbocycles. The highest BCUT2D eigenvalue weighted by molar-refractivity contribution is 5.95. The molecule has 5 nitrogen and oxygen atoms in total. The molecule has 0 saturated carbocycles. The van der Waals surface area contributed by atoms with Crippen LogP contribution >= 0.6 is 0 Å². The van der Waals surface area contributed by atoms with Crippen molar-refractivity contribution in [2.75, 3.05) is 7.11 Å². The van der Waals surface area contributed by atoms with Gasteiger partial charge >= 0.3 is 5.97 Å². The summed E-state index contributed by atoms with van der Waals surface area (Å²) in [5, 5.41) is 19.2. The topological polar surface area (TPSA) is 79.7 Å². The zero-order valence-corrected chi connectivity index (χ0v) is 8.47. The average molecular weight is 219 g/mol. The molecule has 2 N–H and O–H groups in total. The second-order valence-electron chi connectivity index (χ2n) is 3.25. The van der Waals surface area contributed by atoms with Crippen LogP contribution in [0.1, 0.15) is 10.4 Å². The quantitative estimate of drug-likeness (QED) is 0.709. The summed E-state index contributed by atoms with van der Waals surface area (Å²) in [5.74, 6) is -0.738. The first-order valence-electron chi connectivity index (χ1n) is 4.52. The number of hydrogen-bond acceptors (Lipinski definition) is 5. The van der Waals surface area contributed by atoms with Crippen molar-refractivity contribution in [1.29, 1.82) is 0 Å². The number of nitrogens with zero attached hydrogens (tertiary/aromatic N) is 1. The van der Waals surface area contributed by atoms with Gasteiger partial charge in [0.15, 0.2) is 0 Å². The van der Waals surface area contributed by atoms with Gasteiger partial charge in [0, 0.05) is 23.7 Å². The van der Waals surface area contributed by atoms with Crippen molar-refractivity contribution in [3.8, 4) is 11.5 Å².